The van der Waals surface area contributed by atoms with E-state index < -0.39 is 0 Å². The van der Waals surface area contributed by atoms with Crippen molar-refractivity contribution in [2.75, 3.05) is 11.1 Å². The third-order valence-corrected chi connectivity index (χ3v) is 5.92. The SMILES string of the molecule is CCc1ccc(OCc2nnc(SCC(=O)Nc3c(C)cc(C)cc3C)n2C)cc1. The van der Waals surface area contributed by atoms with Crippen LogP contribution in [0.5, 0.6) is 5.75 Å². The van der Waals surface area contributed by atoms with Crippen molar-refractivity contribution < 1.29 is 9.53 Å². The second-order valence-corrected chi connectivity index (χ2v) is 8.30. The molecule has 0 saturated heterocycles. The molecule has 0 radical (unpaired) electrons. The molecule has 0 aliphatic carbocycles. The normalized spacial score (nSPS) is 10.8. The van der Waals surface area contributed by atoms with Gasteiger partial charge in [-0.05, 0) is 56.0 Å². The Morgan fingerprint density at radius 3 is 2.40 bits per heavy atom. The molecule has 0 unspecified atom stereocenters. The van der Waals surface area contributed by atoms with Crippen LogP contribution in [0, 0.1) is 20.8 Å². The van der Waals surface area contributed by atoms with Gasteiger partial charge in [-0.1, -0.05) is 48.5 Å². The second kappa shape index (κ2) is 9.80. The minimum Gasteiger partial charge on any atom is -0.486 e. The molecule has 30 heavy (non-hydrogen) atoms. The lowest BCUT2D eigenvalue weighted by Crippen LogP contribution is -2.16. The number of ether oxygens (including phenoxy) is 1. The molecule has 1 aromatic heterocycles. The Hall–Kier alpha value is -2.80. The van der Waals surface area contributed by atoms with Gasteiger partial charge in [0.25, 0.3) is 0 Å². The van der Waals surface area contributed by atoms with E-state index in [0.717, 1.165) is 29.0 Å². The number of carbonyl (C=O) groups excluding carboxylic acids is 1. The maximum Gasteiger partial charge on any atom is 0.234 e. The van der Waals surface area contributed by atoms with Gasteiger partial charge in [-0.2, -0.15) is 0 Å². The number of benzene rings is 2. The van der Waals surface area contributed by atoms with Gasteiger partial charge in [0.05, 0.1) is 5.75 Å². The van der Waals surface area contributed by atoms with Crippen molar-refractivity contribution in [3.63, 3.8) is 0 Å². The molecule has 0 fully saturated rings. The molecular formula is C23H28N4O2S. The molecule has 1 heterocycles. The van der Waals surface area contributed by atoms with E-state index in [1.54, 1.807) is 0 Å². The number of anilines is 1. The number of rotatable bonds is 8. The molecule has 1 N–H and O–H groups in total. The number of hydrogen-bond donors (Lipinski definition) is 1. The minimum absolute atomic E-state index is 0.0631. The number of hydrogen-bond acceptors (Lipinski definition) is 5. The summed E-state index contributed by atoms with van der Waals surface area (Å²) in [6, 6.07) is 12.2. The molecule has 0 atom stereocenters. The van der Waals surface area contributed by atoms with Crippen LogP contribution in [-0.4, -0.2) is 26.4 Å². The van der Waals surface area contributed by atoms with Gasteiger partial charge in [0, 0.05) is 12.7 Å². The largest absolute Gasteiger partial charge is 0.486 e. The van der Waals surface area contributed by atoms with Gasteiger partial charge in [0.2, 0.25) is 5.91 Å². The highest BCUT2D eigenvalue weighted by Gasteiger charge is 2.13. The van der Waals surface area contributed by atoms with E-state index in [4.69, 9.17) is 4.74 Å². The lowest BCUT2D eigenvalue weighted by atomic mass is 10.1. The van der Waals surface area contributed by atoms with Crippen molar-refractivity contribution in [2.45, 2.75) is 45.9 Å². The zero-order valence-electron chi connectivity index (χ0n) is 18.2. The molecule has 3 aromatic rings. The van der Waals surface area contributed by atoms with Crippen LogP contribution in [0.2, 0.25) is 0 Å². The van der Waals surface area contributed by atoms with E-state index in [9.17, 15) is 4.79 Å². The summed E-state index contributed by atoms with van der Waals surface area (Å²) >= 11 is 1.36. The number of nitrogens with one attached hydrogen (secondary N) is 1. The Balaban J connectivity index is 1.55. The average molecular weight is 425 g/mol. The Labute approximate surface area is 182 Å². The van der Waals surface area contributed by atoms with E-state index in [-0.39, 0.29) is 11.7 Å². The number of nitrogens with zero attached hydrogens (tertiary/aromatic N) is 3. The molecule has 7 heteroatoms. The number of aromatic nitrogens is 3. The topological polar surface area (TPSA) is 69.0 Å². The molecule has 2 aromatic carbocycles. The number of carbonyl (C=O) groups is 1. The summed E-state index contributed by atoms with van der Waals surface area (Å²) in [6.45, 7) is 8.51. The van der Waals surface area contributed by atoms with E-state index in [1.165, 1.54) is 22.9 Å². The molecule has 1 amide bonds. The van der Waals surface area contributed by atoms with E-state index in [0.29, 0.717) is 17.6 Å². The maximum atomic E-state index is 12.4. The van der Waals surface area contributed by atoms with Gasteiger partial charge in [-0.3, -0.25) is 4.79 Å². The molecule has 158 valence electrons. The summed E-state index contributed by atoms with van der Waals surface area (Å²) in [5, 5.41) is 12.1. The van der Waals surface area contributed by atoms with Gasteiger partial charge < -0.3 is 14.6 Å². The van der Waals surface area contributed by atoms with E-state index in [1.807, 2.05) is 37.6 Å². The van der Waals surface area contributed by atoms with Crippen LogP contribution in [0.1, 0.15) is 35.0 Å². The van der Waals surface area contributed by atoms with Crippen molar-refractivity contribution in [3.8, 4) is 5.75 Å². The predicted octanol–water partition coefficient (Wildman–Crippen LogP) is 4.61. The lowest BCUT2D eigenvalue weighted by Gasteiger charge is -2.12. The fraction of sp³-hybridized carbons (Fsp3) is 0.348. The first kappa shape index (κ1) is 21.9. The molecule has 0 aliphatic rings. The Morgan fingerprint density at radius 1 is 1.10 bits per heavy atom. The lowest BCUT2D eigenvalue weighted by molar-refractivity contribution is -0.113. The Kier molecular flexibility index (Phi) is 7.15. The Bertz CT molecular complexity index is 1010. The van der Waals surface area contributed by atoms with Crippen molar-refractivity contribution in [1.29, 1.82) is 0 Å². The number of aryl methyl sites for hydroxylation is 4. The summed E-state index contributed by atoms with van der Waals surface area (Å²) in [4.78, 5) is 12.4. The standard InChI is InChI=1S/C23H28N4O2S/c1-6-18-7-9-19(10-8-18)29-13-20-25-26-23(27(20)5)30-14-21(28)24-22-16(3)11-15(2)12-17(22)4/h7-12H,6,13-14H2,1-5H3,(H,24,28). The monoisotopic (exact) mass is 424 g/mol. The summed E-state index contributed by atoms with van der Waals surface area (Å²) in [6.07, 6.45) is 1.00. The molecule has 0 aliphatic heterocycles. The van der Waals surface area contributed by atoms with Crippen LogP contribution in [0.15, 0.2) is 41.6 Å². The molecule has 0 spiro atoms. The first-order valence-electron chi connectivity index (χ1n) is 9.98. The highest BCUT2D eigenvalue weighted by molar-refractivity contribution is 7.99. The number of thioether (sulfide) groups is 1. The molecular weight excluding hydrogens is 396 g/mol. The van der Waals surface area contributed by atoms with Gasteiger partial charge in [0.1, 0.15) is 12.4 Å². The molecule has 0 saturated carbocycles. The van der Waals surface area contributed by atoms with Crippen LogP contribution in [0.3, 0.4) is 0 Å². The van der Waals surface area contributed by atoms with Gasteiger partial charge in [0.15, 0.2) is 11.0 Å². The second-order valence-electron chi connectivity index (χ2n) is 7.35. The zero-order valence-corrected chi connectivity index (χ0v) is 19.0. The van der Waals surface area contributed by atoms with Crippen LogP contribution >= 0.6 is 11.8 Å². The predicted molar refractivity (Wildman–Crippen MR) is 121 cm³/mol. The highest BCUT2D eigenvalue weighted by atomic mass is 32.2. The summed E-state index contributed by atoms with van der Waals surface area (Å²) in [5.41, 5.74) is 5.47. The first-order chi connectivity index (χ1) is 14.4. The van der Waals surface area contributed by atoms with Crippen molar-refractivity contribution in [2.24, 2.45) is 7.05 Å². The van der Waals surface area contributed by atoms with Crippen LogP contribution < -0.4 is 10.1 Å². The van der Waals surface area contributed by atoms with Crippen molar-refractivity contribution in [1.82, 2.24) is 14.8 Å². The zero-order chi connectivity index (χ0) is 21.7. The van der Waals surface area contributed by atoms with Crippen molar-refractivity contribution >= 4 is 23.4 Å². The fourth-order valence-corrected chi connectivity index (χ4v) is 3.98. The van der Waals surface area contributed by atoms with Crippen molar-refractivity contribution in [3.05, 3.63) is 64.5 Å². The quantitative estimate of drug-likeness (QED) is 0.535. The third-order valence-electron chi connectivity index (χ3n) is 4.90. The Morgan fingerprint density at radius 2 is 1.77 bits per heavy atom. The average Bonchev–Trinajstić information content (AvgIpc) is 3.07. The smallest absolute Gasteiger partial charge is 0.234 e. The number of amides is 1. The van der Waals surface area contributed by atoms with Crippen LogP contribution in [0.25, 0.3) is 0 Å². The summed E-state index contributed by atoms with van der Waals surface area (Å²) in [7, 11) is 1.88. The van der Waals surface area contributed by atoms with E-state index in [2.05, 4.69) is 53.6 Å². The van der Waals surface area contributed by atoms with Gasteiger partial charge >= 0.3 is 0 Å². The highest BCUT2D eigenvalue weighted by Crippen LogP contribution is 2.23. The van der Waals surface area contributed by atoms with Gasteiger partial charge in [-0.25, -0.2) is 0 Å². The summed E-state index contributed by atoms with van der Waals surface area (Å²) in [5.74, 6) is 1.71. The molecule has 3 rings (SSSR count). The third kappa shape index (κ3) is 5.42. The minimum atomic E-state index is -0.0631. The first-order valence-corrected chi connectivity index (χ1v) is 11.0. The van der Waals surface area contributed by atoms with E-state index >= 15 is 0 Å². The maximum absolute atomic E-state index is 12.4. The molecule has 6 nitrogen and oxygen atoms in total. The summed E-state index contributed by atoms with van der Waals surface area (Å²) < 4.78 is 7.68. The van der Waals surface area contributed by atoms with Gasteiger partial charge in [-0.15, -0.1) is 10.2 Å². The molecule has 0 bridgehead atoms. The van der Waals surface area contributed by atoms with Crippen LogP contribution in [0.4, 0.5) is 5.69 Å². The van der Waals surface area contributed by atoms with Crippen LogP contribution in [-0.2, 0) is 24.9 Å². The fourth-order valence-electron chi connectivity index (χ4n) is 3.25.